The average Bonchev–Trinajstić information content (AvgIpc) is 2.30. The minimum atomic E-state index is -0.739. The normalized spacial score (nSPS) is 12.9. The van der Waals surface area contributed by atoms with Gasteiger partial charge in [-0.05, 0) is 0 Å². The first-order chi connectivity index (χ1) is 8.27. The number of aliphatic hydroxyl groups is 2. The van der Waals surface area contributed by atoms with Crippen LogP contribution < -0.4 is 0 Å². The number of thiol groups is 1. The Morgan fingerprint density at radius 1 is 0.765 bits per heavy atom. The number of ether oxygens (including phenoxy) is 4. The van der Waals surface area contributed by atoms with Gasteiger partial charge in [0.25, 0.3) is 0 Å². The Morgan fingerprint density at radius 3 is 1.59 bits per heavy atom. The largest absolute Gasteiger partial charge is 0.394 e. The summed E-state index contributed by atoms with van der Waals surface area (Å²) in [4.78, 5) is 0. The van der Waals surface area contributed by atoms with Crippen LogP contribution in [0.2, 0.25) is 0 Å². The van der Waals surface area contributed by atoms with Crippen molar-refractivity contribution in [1.29, 1.82) is 0 Å². The molecule has 0 radical (unpaired) electrons. The zero-order chi connectivity index (χ0) is 12.8. The van der Waals surface area contributed by atoms with Crippen LogP contribution in [0.15, 0.2) is 0 Å². The van der Waals surface area contributed by atoms with Gasteiger partial charge < -0.3 is 29.2 Å². The third kappa shape index (κ3) is 16.1. The Morgan fingerprint density at radius 2 is 1.18 bits per heavy atom. The molecule has 0 aromatic heterocycles. The van der Waals surface area contributed by atoms with E-state index in [0.29, 0.717) is 46.2 Å². The van der Waals surface area contributed by atoms with Crippen LogP contribution in [-0.4, -0.2) is 75.1 Å². The highest BCUT2D eigenvalue weighted by atomic mass is 32.1. The van der Waals surface area contributed by atoms with Gasteiger partial charge in [0.1, 0.15) is 5.44 Å². The van der Waals surface area contributed by atoms with Gasteiger partial charge in [0.2, 0.25) is 0 Å². The lowest BCUT2D eigenvalue weighted by Gasteiger charge is -2.07. The summed E-state index contributed by atoms with van der Waals surface area (Å²) in [6.07, 6.45) is 0. The molecule has 17 heavy (non-hydrogen) atoms. The molecular weight excluding hydrogens is 248 g/mol. The van der Waals surface area contributed by atoms with E-state index in [1.165, 1.54) is 0 Å². The van der Waals surface area contributed by atoms with Gasteiger partial charge in [0.15, 0.2) is 0 Å². The highest BCUT2D eigenvalue weighted by molar-refractivity contribution is 7.80. The van der Waals surface area contributed by atoms with Gasteiger partial charge in [-0.3, -0.25) is 0 Å². The van der Waals surface area contributed by atoms with Crippen molar-refractivity contribution in [1.82, 2.24) is 0 Å². The fraction of sp³-hybridized carbons (Fsp3) is 1.00. The van der Waals surface area contributed by atoms with Gasteiger partial charge in [-0.25, -0.2) is 0 Å². The van der Waals surface area contributed by atoms with Crippen LogP contribution in [0.4, 0.5) is 0 Å². The Bertz CT molecular complexity index is 147. The minimum Gasteiger partial charge on any atom is -0.394 e. The van der Waals surface area contributed by atoms with Gasteiger partial charge in [0, 0.05) is 0 Å². The number of rotatable bonds is 13. The second-order valence-corrected chi connectivity index (χ2v) is 3.71. The van der Waals surface area contributed by atoms with E-state index in [1.807, 2.05) is 0 Å². The lowest BCUT2D eigenvalue weighted by Crippen LogP contribution is -2.14. The molecule has 1 unspecified atom stereocenters. The Kier molecular flexibility index (Phi) is 14.3. The molecule has 0 amide bonds. The molecule has 6 nitrogen and oxygen atoms in total. The van der Waals surface area contributed by atoms with Crippen molar-refractivity contribution in [3.8, 4) is 0 Å². The maximum atomic E-state index is 8.76. The second-order valence-electron chi connectivity index (χ2n) is 3.12. The van der Waals surface area contributed by atoms with Gasteiger partial charge in [-0.15, -0.1) is 12.6 Å². The molecule has 7 heteroatoms. The molecule has 0 aliphatic carbocycles. The van der Waals surface area contributed by atoms with Crippen LogP contribution in [0.1, 0.15) is 0 Å². The summed E-state index contributed by atoms with van der Waals surface area (Å²) >= 11 is 3.75. The molecule has 104 valence electrons. The molecule has 0 spiro atoms. The fourth-order valence-electron chi connectivity index (χ4n) is 0.913. The first kappa shape index (κ1) is 17.1. The zero-order valence-electron chi connectivity index (χ0n) is 9.92. The van der Waals surface area contributed by atoms with Crippen LogP contribution in [0.3, 0.4) is 0 Å². The SMILES string of the molecule is OCCOCCOCCOCCOCC(O)S. The van der Waals surface area contributed by atoms with E-state index in [-0.39, 0.29) is 13.2 Å². The van der Waals surface area contributed by atoms with Crippen molar-refractivity contribution in [2.24, 2.45) is 0 Å². The van der Waals surface area contributed by atoms with Gasteiger partial charge in [-0.2, -0.15) is 0 Å². The minimum absolute atomic E-state index is 0.0318. The van der Waals surface area contributed by atoms with Crippen LogP contribution >= 0.6 is 12.6 Å². The summed E-state index contributed by atoms with van der Waals surface area (Å²) in [5.41, 5.74) is -0.739. The summed E-state index contributed by atoms with van der Waals surface area (Å²) in [6.45, 7) is 3.42. The number of aliphatic hydroxyl groups excluding tert-OH is 2. The Hall–Kier alpha value is 0.110. The second kappa shape index (κ2) is 14.2. The van der Waals surface area contributed by atoms with E-state index >= 15 is 0 Å². The van der Waals surface area contributed by atoms with Crippen LogP contribution in [0.5, 0.6) is 0 Å². The van der Waals surface area contributed by atoms with Crippen molar-refractivity contribution >= 4 is 12.6 Å². The van der Waals surface area contributed by atoms with Gasteiger partial charge >= 0.3 is 0 Å². The van der Waals surface area contributed by atoms with Crippen LogP contribution in [0.25, 0.3) is 0 Å². The third-order valence-electron chi connectivity index (χ3n) is 1.62. The molecule has 0 fully saturated rings. The van der Waals surface area contributed by atoms with E-state index in [4.69, 9.17) is 29.2 Å². The Labute approximate surface area is 107 Å². The lowest BCUT2D eigenvalue weighted by molar-refractivity contribution is -0.0103. The predicted octanol–water partition coefficient (Wildman–Crippen LogP) is -0.707. The predicted molar refractivity (Wildman–Crippen MR) is 65.4 cm³/mol. The number of hydrogen-bond donors (Lipinski definition) is 3. The van der Waals surface area contributed by atoms with E-state index in [9.17, 15) is 0 Å². The molecular formula is C10H22O6S. The quantitative estimate of drug-likeness (QED) is 0.233. The fourth-order valence-corrected chi connectivity index (χ4v) is 1.02. The zero-order valence-corrected chi connectivity index (χ0v) is 10.8. The first-order valence-electron chi connectivity index (χ1n) is 5.55. The monoisotopic (exact) mass is 270 g/mol. The topological polar surface area (TPSA) is 77.4 Å². The maximum Gasteiger partial charge on any atom is 0.120 e. The average molecular weight is 270 g/mol. The molecule has 0 aliphatic rings. The molecule has 1 atom stereocenters. The van der Waals surface area contributed by atoms with E-state index in [2.05, 4.69) is 12.6 Å². The van der Waals surface area contributed by atoms with Crippen LogP contribution in [0, 0.1) is 0 Å². The standard InChI is InChI=1S/C10H22O6S/c11-1-2-13-3-4-14-5-6-15-7-8-16-9-10(12)17/h10-12,17H,1-9H2. The van der Waals surface area contributed by atoms with Crippen LogP contribution in [-0.2, 0) is 18.9 Å². The summed E-state index contributed by atoms with van der Waals surface area (Å²) in [5.74, 6) is 0. The van der Waals surface area contributed by atoms with E-state index < -0.39 is 5.44 Å². The molecule has 2 N–H and O–H groups in total. The lowest BCUT2D eigenvalue weighted by atomic mass is 10.7. The summed E-state index contributed by atoms with van der Waals surface area (Å²) in [7, 11) is 0. The van der Waals surface area contributed by atoms with Crippen molar-refractivity contribution in [2.45, 2.75) is 5.44 Å². The maximum absolute atomic E-state index is 8.76. The molecule has 0 bridgehead atoms. The Balaban J connectivity index is 2.89. The molecule has 0 heterocycles. The van der Waals surface area contributed by atoms with Crippen molar-refractivity contribution < 1.29 is 29.2 Å². The highest BCUT2D eigenvalue weighted by Gasteiger charge is 1.95. The van der Waals surface area contributed by atoms with Gasteiger partial charge in [0.05, 0.1) is 59.5 Å². The summed E-state index contributed by atoms with van der Waals surface area (Å²) in [6, 6.07) is 0. The molecule has 0 aromatic carbocycles. The highest BCUT2D eigenvalue weighted by Crippen LogP contribution is 1.89. The van der Waals surface area contributed by atoms with Crippen molar-refractivity contribution in [3.63, 3.8) is 0 Å². The molecule has 0 saturated heterocycles. The number of hydrogen-bond acceptors (Lipinski definition) is 7. The van der Waals surface area contributed by atoms with E-state index in [1.54, 1.807) is 0 Å². The molecule has 0 rings (SSSR count). The molecule has 0 aromatic rings. The van der Waals surface area contributed by atoms with Crippen molar-refractivity contribution in [3.05, 3.63) is 0 Å². The van der Waals surface area contributed by atoms with Gasteiger partial charge in [-0.1, -0.05) is 0 Å². The van der Waals surface area contributed by atoms with Crippen molar-refractivity contribution in [2.75, 3.05) is 59.5 Å². The third-order valence-corrected chi connectivity index (χ3v) is 1.77. The first-order valence-corrected chi connectivity index (χ1v) is 6.07. The summed E-state index contributed by atoms with van der Waals surface area (Å²) < 4.78 is 20.4. The molecule has 0 saturated carbocycles. The molecule has 0 aliphatic heterocycles. The summed E-state index contributed by atoms with van der Waals surface area (Å²) in [5, 5.41) is 17.2. The van der Waals surface area contributed by atoms with E-state index in [0.717, 1.165) is 0 Å². The smallest absolute Gasteiger partial charge is 0.120 e.